The second-order valence-corrected chi connectivity index (χ2v) is 11.1. The average molecular weight is 539 g/mol. The molecule has 0 aliphatic heterocycles. The molecule has 4 heteroatoms. The van der Waals surface area contributed by atoms with E-state index in [-0.39, 0.29) is 0 Å². The normalized spacial score (nSPS) is 12.3. The first-order valence-corrected chi connectivity index (χ1v) is 14.4. The van der Waals surface area contributed by atoms with Gasteiger partial charge in [-0.3, -0.25) is 4.98 Å². The monoisotopic (exact) mass is 538 g/mol. The Balaban J connectivity index is 1.27. The van der Waals surface area contributed by atoms with Gasteiger partial charge in [0, 0.05) is 46.4 Å². The molecular weight excluding hydrogens is 512 g/mol. The van der Waals surface area contributed by atoms with Crippen LogP contribution in [0.1, 0.15) is 11.1 Å². The molecule has 8 aromatic rings. The van der Waals surface area contributed by atoms with E-state index in [0.29, 0.717) is 0 Å². The number of nitrogens with zero attached hydrogens (tertiary/aromatic N) is 4. The number of imidazole rings is 1. The summed E-state index contributed by atoms with van der Waals surface area (Å²) < 4.78 is 4.61. The van der Waals surface area contributed by atoms with Crippen molar-refractivity contribution in [2.75, 3.05) is 0 Å². The van der Waals surface area contributed by atoms with E-state index in [9.17, 15) is 0 Å². The van der Waals surface area contributed by atoms with Gasteiger partial charge in [-0.25, -0.2) is 4.98 Å². The Morgan fingerprint density at radius 3 is 2.40 bits per heavy atom. The molecule has 198 valence electrons. The lowest BCUT2D eigenvalue weighted by Gasteiger charge is -2.11. The summed E-state index contributed by atoms with van der Waals surface area (Å²) in [5.41, 5.74) is 14.2. The van der Waals surface area contributed by atoms with Crippen LogP contribution in [0.5, 0.6) is 0 Å². The standard InChI is InChI=1S/C38H26N4/c1-41-34-19-17-26-21-24-9-2-3-12-29(24)36(26)37(34)40-38(41)27-16-18-31-30-13-4-5-15-33(30)42(35(31)23-27)28-11-8-10-25(22-28)32-14-6-7-20-39-32/h2-20,22-23H,21H2,1H3. The summed E-state index contributed by atoms with van der Waals surface area (Å²) >= 11 is 0. The Bertz CT molecular complexity index is 2340. The van der Waals surface area contributed by atoms with Crippen molar-refractivity contribution >= 4 is 32.8 Å². The number of benzene rings is 5. The highest BCUT2D eigenvalue weighted by molar-refractivity contribution is 6.10. The fourth-order valence-electron chi connectivity index (χ4n) is 6.86. The summed E-state index contributed by atoms with van der Waals surface area (Å²) in [5, 5.41) is 2.47. The maximum Gasteiger partial charge on any atom is 0.140 e. The minimum absolute atomic E-state index is 0.967. The van der Waals surface area contributed by atoms with Gasteiger partial charge in [-0.05, 0) is 65.6 Å². The van der Waals surface area contributed by atoms with Crippen molar-refractivity contribution < 1.29 is 0 Å². The highest BCUT2D eigenvalue weighted by Gasteiger charge is 2.24. The molecular formula is C38H26N4. The Labute approximate surface area is 243 Å². The van der Waals surface area contributed by atoms with Crippen LogP contribution in [0.4, 0.5) is 0 Å². The van der Waals surface area contributed by atoms with Gasteiger partial charge in [-0.15, -0.1) is 0 Å². The first kappa shape index (κ1) is 23.2. The molecule has 9 rings (SSSR count). The first-order chi connectivity index (χ1) is 20.7. The smallest absolute Gasteiger partial charge is 0.140 e. The third-order valence-corrected chi connectivity index (χ3v) is 8.80. The van der Waals surface area contributed by atoms with E-state index >= 15 is 0 Å². The molecule has 0 spiro atoms. The molecule has 0 atom stereocenters. The van der Waals surface area contributed by atoms with Crippen molar-refractivity contribution in [2.24, 2.45) is 7.05 Å². The molecule has 5 aromatic carbocycles. The lowest BCUT2D eigenvalue weighted by molar-refractivity contribution is 0.959. The van der Waals surface area contributed by atoms with Crippen LogP contribution >= 0.6 is 0 Å². The van der Waals surface area contributed by atoms with Crippen molar-refractivity contribution in [3.8, 4) is 39.5 Å². The zero-order valence-electron chi connectivity index (χ0n) is 23.1. The van der Waals surface area contributed by atoms with Gasteiger partial charge in [0.15, 0.2) is 0 Å². The summed E-state index contributed by atoms with van der Waals surface area (Å²) in [6.07, 6.45) is 2.82. The van der Waals surface area contributed by atoms with Gasteiger partial charge in [0.25, 0.3) is 0 Å². The summed E-state index contributed by atoms with van der Waals surface area (Å²) in [6, 6.07) is 43.4. The van der Waals surface area contributed by atoms with E-state index in [1.54, 1.807) is 0 Å². The fourth-order valence-corrected chi connectivity index (χ4v) is 6.86. The van der Waals surface area contributed by atoms with E-state index < -0.39 is 0 Å². The number of rotatable bonds is 3. The lowest BCUT2D eigenvalue weighted by Crippen LogP contribution is -1.96. The predicted octanol–water partition coefficient (Wildman–Crippen LogP) is 8.97. The Kier molecular flexibility index (Phi) is 4.85. The minimum Gasteiger partial charge on any atom is -0.327 e. The molecule has 0 bridgehead atoms. The zero-order chi connectivity index (χ0) is 27.8. The Morgan fingerprint density at radius 1 is 0.619 bits per heavy atom. The molecule has 42 heavy (non-hydrogen) atoms. The van der Waals surface area contributed by atoms with E-state index in [4.69, 9.17) is 4.98 Å². The van der Waals surface area contributed by atoms with Gasteiger partial charge in [-0.2, -0.15) is 0 Å². The molecule has 0 amide bonds. The molecule has 0 unspecified atom stereocenters. The minimum atomic E-state index is 0.967. The summed E-state index contributed by atoms with van der Waals surface area (Å²) in [4.78, 5) is 9.91. The summed E-state index contributed by atoms with van der Waals surface area (Å²) in [6.45, 7) is 0. The van der Waals surface area contributed by atoms with E-state index in [2.05, 4.69) is 130 Å². The Morgan fingerprint density at radius 2 is 1.48 bits per heavy atom. The largest absolute Gasteiger partial charge is 0.327 e. The molecule has 3 heterocycles. The van der Waals surface area contributed by atoms with E-state index in [1.807, 2.05) is 18.3 Å². The molecule has 1 aliphatic carbocycles. The van der Waals surface area contributed by atoms with Crippen LogP contribution in [-0.2, 0) is 13.5 Å². The van der Waals surface area contributed by atoms with Gasteiger partial charge in [-0.1, -0.05) is 78.9 Å². The first-order valence-electron chi connectivity index (χ1n) is 14.4. The second-order valence-electron chi connectivity index (χ2n) is 11.1. The third kappa shape index (κ3) is 3.29. The molecule has 1 aliphatic rings. The average Bonchev–Trinajstić information content (AvgIpc) is 3.70. The Hall–Kier alpha value is -5.48. The maximum absolute atomic E-state index is 5.32. The number of pyridine rings is 1. The van der Waals surface area contributed by atoms with Crippen LogP contribution in [0.15, 0.2) is 128 Å². The zero-order valence-corrected chi connectivity index (χ0v) is 23.1. The van der Waals surface area contributed by atoms with Crippen LogP contribution in [0.3, 0.4) is 0 Å². The van der Waals surface area contributed by atoms with Crippen molar-refractivity contribution in [1.29, 1.82) is 0 Å². The summed E-state index contributed by atoms with van der Waals surface area (Å²) in [5.74, 6) is 0.976. The highest BCUT2D eigenvalue weighted by atomic mass is 15.1. The van der Waals surface area contributed by atoms with Crippen molar-refractivity contribution in [3.05, 3.63) is 139 Å². The molecule has 3 aromatic heterocycles. The maximum atomic E-state index is 5.32. The van der Waals surface area contributed by atoms with Gasteiger partial charge >= 0.3 is 0 Å². The van der Waals surface area contributed by atoms with Crippen LogP contribution < -0.4 is 0 Å². The van der Waals surface area contributed by atoms with E-state index in [1.165, 1.54) is 38.5 Å². The van der Waals surface area contributed by atoms with Crippen LogP contribution in [0, 0.1) is 0 Å². The van der Waals surface area contributed by atoms with Crippen molar-refractivity contribution in [1.82, 2.24) is 19.1 Å². The molecule has 0 saturated carbocycles. The number of hydrogen-bond donors (Lipinski definition) is 0. The molecule has 0 fully saturated rings. The van der Waals surface area contributed by atoms with Crippen LogP contribution in [0.25, 0.3) is 72.3 Å². The van der Waals surface area contributed by atoms with Crippen molar-refractivity contribution in [2.45, 2.75) is 6.42 Å². The topological polar surface area (TPSA) is 35.6 Å². The molecule has 0 saturated heterocycles. The van der Waals surface area contributed by atoms with Gasteiger partial charge < -0.3 is 9.13 Å². The lowest BCUT2D eigenvalue weighted by atomic mass is 10.0. The van der Waals surface area contributed by atoms with E-state index in [0.717, 1.165) is 51.3 Å². The molecule has 4 nitrogen and oxygen atoms in total. The number of fused-ring (bicyclic) bond motifs is 8. The van der Waals surface area contributed by atoms with Crippen molar-refractivity contribution in [3.63, 3.8) is 0 Å². The third-order valence-electron chi connectivity index (χ3n) is 8.80. The second kappa shape index (κ2) is 8.76. The molecule has 0 N–H and O–H groups in total. The fraction of sp³-hybridized carbons (Fsp3) is 0.0526. The number of para-hydroxylation sites is 1. The number of aryl methyl sites for hydroxylation is 1. The number of aromatic nitrogens is 4. The van der Waals surface area contributed by atoms with Gasteiger partial charge in [0.1, 0.15) is 5.82 Å². The summed E-state index contributed by atoms with van der Waals surface area (Å²) in [7, 11) is 2.13. The quantitative estimate of drug-likeness (QED) is 0.225. The highest BCUT2D eigenvalue weighted by Crippen LogP contribution is 2.42. The van der Waals surface area contributed by atoms with Gasteiger partial charge in [0.2, 0.25) is 0 Å². The predicted molar refractivity (Wildman–Crippen MR) is 172 cm³/mol. The number of hydrogen-bond acceptors (Lipinski definition) is 2. The van der Waals surface area contributed by atoms with Crippen LogP contribution in [0.2, 0.25) is 0 Å². The molecule has 0 radical (unpaired) electrons. The van der Waals surface area contributed by atoms with Crippen LogP contribution in [-0.4, -0.2) is 19.1 Å². The SMILES string of the molecule is Cn1c(-c2ccc3c4ccccc4n(-c4cccc(-c5ccccn5)c4)c3c2)nc2c3c(ccc21)Cc1ccccc1-3. The van der Waals surface area contributed by atoms with Gasteiger partial charge in [0.05, 0.1) is 27.8 Å².